The molecule has 0 aliphatic carbocycles. The summed E-state index contributed by atoms with van der Waals surface area (Å²) in [5, 5.41) is 9.65. The Morgan fingerprint density at radius 2 is 2.05 bits per heavy atom. The number of hydrogen-bond acceptors (Lipinski definition) is 5. The average molecular weight is 288 g/mol. The Balaban J connectivity index is 3.04. The highest BCUT2D eigenvalue weighted by Gasteiger charge is 2.15. The van der Waals surface area contributed by atoms with Crippen LogP contribution in [0.5, 0.6) is 0 Å². The van der Waals surface area contributed by atoms with Gasteiger partial charge in [0.25, 0.3) is 0 Å². The van der Waals surface area contributed by atoms with E-state index in [0.29, 0.717) is 24.8 Å². The molecule has 5 nitrogen and oxygen atoms in total. The molecule has 0 atom stereocenters. The maximum atomic E-state index is 9.17. The van der Waals surface area contributed by atoms with Gasteiger partial charge in [0, 0.05) is 32.2 Å². The first-order valence-corrected chi connectivity index (χ1v) is 6.89. The lowest BCUT2D eigenvalue weighted by atomic mass is 10.2. The summed E-state index contributed by atoms with van der Waals surface area (Å²) < 4.78 is 5.09. The monoisotopic (exact) mass is 287 g/mol. The lowest BCUT2D eigenvalue weighted by molar-refractivity contribution is 0.202. The molecule has 1 rings (SSSR count). The van der Waals surface area contributed by atoms with Crippen molar-refractivity contribution in [1.29, 1.82) is 0 Å². The minimum absolute atomic E-state index is 0.0634. The first-order valence-electron chi connectivity index (χ1n) is 6.51. The van der Waals surface area contributed by atoms with Gasteiger partial charge in [0.1, 0.15) is 16.8 Å². The van der Waals surface area contributed by atoms with Crippen molar-refractivity contribution < 1.29 is 9.84 Å². The van der Waals surface area contributed by atoms with Crippen LogP contribution in [-0.4, -0.2) is 48.5 Å². The molecule has 108 valence electrons. The lowest BCUT2D eigenvalue weighted by Gasteiger charge is -2.24. The molecule has 0 aromatic carbocycles. The van der Waals surface area contributed by atoms with E-state index in [-0.39, 0.29) is 6.61 Å². The molecule has 0 saturated carbocycles. The van der Waals surface area contributed by atoms with Crippen LogP contribution >= 0.6 is 11.6 Å². The van der Waals surface area contributed by atoms with E-state index in [1.54, 1.807) is 7.11 Å². The number of aromatic nitrogens is 2. The highest BCUT2D eigenvalue weighted by molar-refractivity contribution is 6.30. The third kappa shape index (κ3) is 4.60. The topological polar surface area (TPSA) is 58.5 Å². The van der Waals surface area contributed by atoms with Crippen LogP contribution in [0.1, 0.15) is 24.7 Å². The van der Waals surface area contributed by atoms with Crippen LogP contribution in [0.3, 0.4) is 0 Å². The van der Waals surface area contributed by atoms with Crippen molar-refractivity contribution in [1.82, 2.24) is 9.97 Å². The van der Waals surface area contributed by atoms with Crippen molar-refractivity contribution in [3.05, 3.63) is 16.5 Å². The predicted molar refractivity (Wildman–Crippen MR) is 76.9 cm³/mol. The molecule has 0 spiro atoms. The van der Waals surface area contributed by atoms with Gasteiger partial charge in [0.05, 0.1) is 13.2 Å². The molecule has 0 saturated heterocycles. The van der Waals surface area contributed by atoms with Gasteiger partial charge in [-0.1, -0.05) is 18.5 Å². The van der Waals surface area contributed by atoms with Crippen molar-refractivity contribution >= 4 is 17.4 Å². The Bertz CT molecular complexity index is 402. The van der Waals surface area contributed by atoms with Crippen LogP contribution in [0.2, 0.25) is 5.15 Å². The number of halogens is 1. The van der Waals surface area contributed by atoms with E-state index in [1.807, 2.05) is 11.8 Å². The second-order valence-electron chi connectivity index (χ2n) is 4.33. The maximum absolute atomic E-state index is 9.17. The first kappa shape index (κ1) is 16.1. The van der Waals surface area contributed by atoms with E-state index in [9.17, 15) is 5.11 Å². The van der Waals surface area contributed by atoms with Crippen molar-refractivity contribution in [2.24, 2.45) is 0 Å². The molecule has 0 fully saturated rings. The van der Waals surface area contributed by atoms with Gasteiger partial charge in [-0.05, 0) is 13.3 Å². The zero-order chi connectivity index (χ0) is 14.3. The summed E-state index contributed by atoms with van der Waals surface area (Å²) in [5.41, 5.74) is 0.839. The number of hydrogen-bond donors (Lipinski definition) is 1. The SMILES string of the molecule is CCCc1nc(Cl)c(C)c(N(CCO)CCOC)n1. The largest absolute Gasteiger partial charge is 0.395 e. The fourth-order valence-electron chi connectivity index (χ4n) is 1.81. The van der Waals surface area contributed by atoms with Gasteiger partial charge in [0.15, 0.2) is 0 Å². The number of aryl methyl sites for hydroxylation is 1. The Morgan fingerprint density at radius 1 is 1.32 bits per heavy atom. The summed E-state index contributed by atoms with van der Waals surface area (Å²) in [6.45, 7) is 5.77. The number of rotatable bonds is 8. The molecule has 0 unspecified atom stereocenters. The van der Waals surface area contributed by atoms with Crippen molar-refractivity contribution in [2.75, 3.05) is 38.3 Å². The fourth-order valence-corrected chi connectivity index (χ4v) is 1.99. The van der Waals surface area contributed by atoms with E-state index in [2.05, 4.69) is 16.9 Å². The molecular formula is C13H22ClN3O2. The average Bonchev–Trinajstić information content (AvgIpc) is 2.39. The van der Waals surface area contributed by atoms with Gasteiger partial charge in [-0.3, -0.25) is 0 Å². The Morgan fingerprint density at radius 3 is 2.63 bits per heavy atom. The van der Waals surface area contributed by atoms with Crippen LogP contribution in [0.25, 0.3) is 0 Å². The van der Waals surface area contributed by atoms with Crippen molar-refractivity contribution in [2.45, 2.75) is 26.7 Å². The molecule has 6 heteroatoms. The normalized spacial score (nSPS) is 10.8. The Labute approximate surface area is 119 Å². The first-order chi connectivity index (χ1) is 9.13. The van der Waals surface area contributed by atoms with Crippen LogP contribution in [0.4, 0.5) is 5.82 Å². The number of ether oxygens (including phenoxy) is 1. The van der Waals surface area contributed by atoms with Crippen molar-refractivity contribution in [3.63, 3.8) is 0 Å². The summed E-state index contributed by atoms with van der Waals surface area (Å²) in [6, 6.07) is 0. The quantitative estimate of drug-likeness (QED) is 0.739. The minimum Gasteiger partial charge on any atom is -0.395 e. The summed E-state index contributed by atoms with van der Waals surface area (Å²) in [6.07, 6.45) is 1.77. The van der Waals surface area contributed by atoms with Crippen LogP contribution in [0.15, 0.2) is 0 Å². The van der Waals surface area contributed by atoms with Gasteiger partial charge < -0.3 is 14.7 Å². The van der Waals surface area contributed by atoms with Crippen LogP contribution in [0, 0.1) is 6.92 Å². The van der Waals surface area contributed by atoms with E-state index >= 15 is 0 Å². The number of nitrogens with zero attached hydrogens (tertiary/aromatic N) is 3. The molecule has 1 heterocycles. The highest BCUT2D eigenvalue weighted by Crippen LogP contribution is 2.23. The minimum atomic E-state index is 0.0634. The standard InChI is InChI=1S/C13H22ClN3O2/c1-4-5-11-15-12(14)10(2)13(16-11)17(6-8-18)7-9-19-3/h18H,4-9H2,1-3H3. The number of anilines is 1. The molecule has 0 radical (unpaired) electrons. The van der Waals surface area contributed by atoms with E-state index in [1.165, 1.54) is 0 Å². The number of aliphatic hydroxyl groups excluding tert-OH is 1. The van der Waals surface area contributed by atoms with Gasteiger partial charge in [-0.2, -0.15) is 0 Å². The van der Waals surface area contributed by atoms with E-state index in [4.69, 9.17) is 16.3 Å². The smallest absolute Gasteiger partial charge is 0.137 e. The highest BCUT2D eigenvalue weighted by atomic mass is 35.5. The van der Waals surface area contributed by atoms with Crippen LogP contribution in [-0.2, 0) is 11.2 Å². The Kier molecular flexibility index (Phi) is 7.05. The number of aliphatic hydroxyl groups is 1. The van der Waals surface area contributed by atoms with Gasteiger partial charge >= 0.3 is 0 Å². The fraction of sp³-hybridized carbons (Fsp3) is 0.692. The predicted octanol–water partition coefficient (Wildman–Crippen LogP) is 1.84. The summed E-state index contributed by atoms with van der Waals surface area (Å²) in [7, 11) is 1.65. The second-order valence-corrected chi connectivity index (χ2v) is 4.69. The molecule has 0 aliphatic rings. The summed E-state index contributed by atoms with van der Waals surface area (Å²) in [5.74, 6) is 1.53. The van der Waals surface area contributed by atoms with E-state index < -0.39 is 0 Å². The zero-order valence-electron chi connectivity index (χ0n) is 11.8. The van der Waals surface area contributed by atoms with Crippen LogP contribution < -0.4 is 4.90 Å². The lowest BCUT2D eigenvalue weighted by Crippen LogP contribution is -2.32. The molecule has 1 aromatic heterocycles. The zero-order valence-corrected chi connectivity index (χ0v) is 12.6. The van der Waals surface area contributed by atoms with Gasteiger partial charge in [-0.25, -0.2) is 9.97 Å². The maximum Gasteiger partial charge on any atom is 0.137 e. The summed E-state index contributed by atoms with van der Waals surface area (Å²) in [4.78, 5) is 10.8. The Hall–Kier alpha value is -0.910. The second kappa shape index (κ2) is 8.30. The van der Waals surface area contributed by atoms with E-state index in [0.717, 1.165) is 30.0 Å². The molecule has 19 heavy (non-hydrogen) atoms. The molecule has 0 aliphatic heterocycles. The van der Waals surface area contributed by atoms with Gasteiger partial charge in [0.2, 0.25) is 0 Å². The third-order valence-electron chi connectivity index (χ3n) is 2.82. The molecule has 0 bridgehead atoms. The van der Waals surface area contributed by atoms with Crippen molar-refractivity contribution in [3.8, 4) is 0 Å². The molecule has 0 amide bonds. The number of methoxy groups -OCH3 is 1. The molecular weight excluding hydrogens is 266 g/mol. The molecule has 1 N–H and O–H groups in total. The third-order valence-corrected chi connectivity index (χ3v) is 3.18. The van der Waals surface area contributed by atoms with Gasteiger partial charge in [-0.15, -0.1) is 0 Å². The molecule has 1 aromatic rings. The summed E-state index contributed by atoms with van der Waals surface area (Å²) >= 11 is 6.16.